The standard InChI is InChI=1S/C9H18O2/c1-9(10)7-5-3-4-6-8-11-2/h6,8-10H,3-5,7H2,1-2H3/t9-/m1/s1. The predicted octanol–water partition coefficient (Wildman–Crippen LogP) is 2.09. The molecular formula is C9H18O2. The lowest BCUT2D eigenvalue weighted by Crippen LogP contribution is -1.97. The van der Waals surface area contributed by atoms with E-state index in [0.717, 1.165) is 25.7 Å². The molecule has 2 nitrogen and oxygen atoms in total. The maximum atomic E-state index is 8.91. The van der Waals surface area contributed by atoms with E-state index < -0.39 is 0 Å². The number of hydrogen-bond acceptors (Lipinski definition) is 2. The lowest BCUT2D eigenvalue weighted by atomic mass is 10.1. The molecule has 0 aromatic rings. The number of aliphatic hydroxyl groups excluding tert-OH is 1. The third-order valence-electron chi connectivity index (χ3n) is 1.47. The molecule has 0 heterocycles. The molecule has 0 saturated carbocycles. The molecule has 0 amide bonds. The van der Waals surface area contributed by atoms with Crippen molar-refractivity contribution in [3.05, 3.63) is 12.3 Å². The average Bonchev–Trinajstić information content (AvgIpc) is 1.96. The van der Waals surface area contributed by atoms with Crippen molar-refractivity contribution in [1.29, 1.82) is 0 Å². The smallest absolute Gasteiger partial charge is 0.0784 e. The third kappa shape index (κ3) is 9.50. The van der Waals surface area contributed by atoms with Crippen molar-refractivity contribution in [2.24, 2.45) is 0 Å². The topological polar surface area (TPSA) is 29.5 Å². The fourth-order valence-corrected chi connectivity index (χ4v) is 0.866. The van der Waals surface area contributed by atoms with Crippen LogP contribution in [0.15, 0.2) is 12.3 Å². The molecule has 2 heteroatoms. The van der Waals surface area contributed by atoms with Crippen molar-refractivity contribution >= 4 is 0 Å². The number of rotatable bonds is 6. The quantitative estimate of drug-likeness (QED) is 0.473. The monoisotopic (exact) mass is 158 g/mol. The summed E-state index contributed by atoms with van der Waals surface area (Å²) >= 11 is 0. The summed E-state index contributed by atoms with van der Waals surface area (Å²) in [6.07, 6.45) is 7.71. The van der Waals surface area contributed by atoms with Crippen LogP contribution in [0.1, 0.15) is 32.6 Å². The van der Waals surface area contributed by atoms with Crippen LogP contribution in [0.4, 0.5) is 0 Å². The van der Waals surface area contributed by atoms with Crippen LogP contribution < -0.4 is 0 Å². The second kappa shape index (κ2) is 7.61. The highest BCUT2D eigenvalue weighted by atomic mass is 16.5. The van der Waals surface area contributed by atoms with E-state index in [1.165, 1.54) is 0 Å². The van der Waals surface area contributed by atoms with Gasteiger partial charge in [0.25, 0.3) is 0 Å². The zero-order chi connectivity index (χ0) is 8.53. The summed E-state index contributed by atoms with van der Waals surface area (Å²) < 4.78 is 4.74. The second-order valence-corrected chi connectivity index (χ2v) is 2.74. The zero-order valence-corrected chi connectivity index (χ0v) is 7.42. The van der Waals surface area contributed by atoms with E-state index in [0.29, 0.717) is 0 Å². The summed E-state index contributed by atoms with van der Waals surface area (Å²) in [4.78, 5) is 0. The molecule has 0 aromatic heterocycles. The number of ether oxygens (including phenoxy) is 1. The Morgan fingerprint density at radius 3 is 2.73 bits per heavy atom. The Kier molecular flexibility index (Phi) is 7.26. The Balaban J connectivity index is 2.96. The van der Waals surface area contributed by atoms with Crippen molar-refractivity contribution in [3.8, 4) is 0 Å². The van der Waals surface area contributed by atoms with Gasteiger partial charge in [-0.15, -0.1) is 0 Å². The summed E-state index contributed by atoms with van der Waals surface area (Å²) in [7, 11) is 1.65. The fourth-order valence-electron chi connectivity index (χ4n) is 0.866. The van der Waals surface area contributed by atoms with E-state index in [2.05, 4.69) is 0 Å². The van der Waals surface area contributed by atoms with Crippen molar-refractivity contribution in [2.45, 2.75) is 38.7 Å². The Labute approximate surface area is 68.9 Å². The molecule has 66 valence electrons. The fraction of sp³-hybridized carbons (Fsp3) is 0.778. The van der Waals surface area contributed by atoms with Gasteiger partial charge in [-0.2, -0.15) is 0 Å². The average molecular weight is 158 g/mol. The summed E-state index contributed by atoms with van der Waals surface area (Å²) in [5.74, 6) is 0. The van der Waals surface area contributed by atoms with Crippen LogP contribution in [0.25, 0.3) is 0 Å². The Bertz CT molecular complexity index is 97.7. The van der Waals surface area contributed by atoms with Crippen molar-refractivity contribution < 1.29 is 9.84 Å². The second-order valence-electron chi connectivity index (χ2n) is 2.74. The number of methoxy groups -OCH3 is 1. The van der Waals surface area contributed by atoms with Crippen LogP contribution in [0.2, 0.25) is 0 Å². The van der Waals surface area contributed by atoms with Gasteiger partial charge in [0, 0.05) is 0 Å². The van der Waals surface area contributed by atoms with Gasteiger partial charge in [-0.3, -0.25) is 0 Å². The number of unbranched alkanes of at least 4 members (excludes halogenated alkanes) is 2. The molecule has 0 aliphatic rings. The van der Waals surface area contributed by atoms with Crippen LogP contribution in [0, 0.1) is 0 Å². The Morgan fingerprint density at radius 2 is 2.18 bits per heavy atom. The first-order valence-corrected chi connectivity index (χ1v) is 4.13. The van der Waals surface area contributed by atoms with E-state index in [1.807, 2.05) is 13.0 Å². The minimum Gasteiger partial charge on any atom is -0.505 e. The Morgan fingerprint density at radius 1 is 1.45 bits per heavy atom. The number of allylic oxidation sites excluding steroid dienone is 1. The van der Waals surface area contributed by atoms with E-state index in [9.17, 15) is 0 Å². The lowest BCUT2D eigenvalue weighted by Gasteiger charge is -2.00. The molecule has 0 aromatic carbocycles. The Hall–Kier alpha value is -0.500. The highest BCUT2D eigenvalue weighted by molar-refractivity contribution is 4.72. The SMILES string of the molecule is COC=CCCCC[C@@H](C)O. The van der Waals surface area contributed by atoms with Gasteiger partial charge in [0.05, 0.1) is 19.5 Å². The van der Waals surface area contributed by atoms with E-state index in [4.69, 9.17) is 9.84 Å². The van der Waals surface area contributed by atoms with Gasteiger partial charge in [-0.05, 0) is 32.3 Å². The number of aliphatic hydroxyl groups is 1. The van der Waals surface area contributed by atoms with Gasteiger partial charge >= 0.3 is 0 Å². The maximum Gasteiger partial charge on any atom is 0.0784 e. The van der Waals surface area contributed by atoms with Gasteiger partial charge < -0.3 is 9.84 Å². The van der Waals surface area contributed by atoms with Gasteiger partial charge in [0.1, 0.15) is 0 Å². The van der Waals surface area contributed by atoms with Gasteiger partial charge in [-0.1, -0.05) is 6.42 Å². The van der Waals surface area contributed by atoms with Crippen LogP contribution >= 0.6 is 0 Å². The molecule has 0 spiro atoms. The summed E-state index contributed by atoms with van der Waals surface area (Å²) in [5, 5.41) is 8.91. The minimum atomic E-state index is -0.151. The first-order chi connectivity index (χ1) is 5.27. The summed E-state index contributed by atoms with van der Waals surface area (Å²) in [6.45, 7) is 1.82. The van der Waals surface area contributed by atoms with E-state index in [-0.39, 0.29) is 6.10 Å². The third-order valence-corrected chi connectivity index (χ3v) is 1.47. The summed E-state index contributed by atoms with van der Waals surface area (Å²) in [5.41, 5.74) is 0. The summed E-state index contributed by atoms with van der Waals surface area (Å²) in [6, 6.07) is 0. The molecule has 0 unspecified atom stereocenters. The van der Waals surface area contributed by atoms with E-state index >= 15 is 0 Å². The molecule has 0 aliphatic carbocycles. The van der Waals surface area contributed by atoms with Gasteiger partial charge in [0.15, 0.2) is 0 Å². The number of hydrogen-bond donors (Lipinski definition) is 1. The molecule has 0 aliphatic heterocycles. The molecule has 1 atom stereocenters. The molecule has 0 rings (SSSR count). The maximum absolute atomic E-state index is 8.91. The molecule has 0 radical (unpaired) electrons. The first kappa shape index (κ1) is 10.5. The molecule has 0 saturated heterocycles. The highest BCUT2D eigenvalue weighted by Crippen LogP contribution is 2.03. The molecular weight excluding hydrogens is 140 g/mol. The van der Waals surface area contributed by atoms with Crippen molar-refractivity contribution in [2.75, 3.05) is 7.11 Å². The van der Waals surface area contributed by atoms with Gasteiger partial charge in [-0.25, -0.2) is 0 Å². The molecule has 1 N–H and O–H groups in total. The predicted molar refractivity (Wildman–Crippen MR) is 46.3 cm³/mol. The van der Waals surface area contributed by atoms with E-state index in [1.54, 1.807) is 13.4 Å². The molecule has 0 bridgehead atoms. The highest BCUT2D eigenvalue weighted by Gasteiger charge is 1.93. The van der Waals surface area contributed by atoms with Crippen molar-refractivity contribution in [1.82, 2.24) is 0 Å². The minimum absolute atomic E-state index is 0.151. The zero-order valence-electron chi connectivity index (χ0n) is 7.42. The normalized spacial score (nSPS) is 13.7. The van der Waals surface area contributed by atoms with Crippen molar-refractivity contribution in [3.63, 3.8) is 0 Å². The lowest BCUT2D eigenvalue weighted by molar-refractivity contribution is 0.181. The largest absolute Gasteiger partial charge is 0.505 e. The van der Waals surface area contributed by atoms with Gasteiger partial charge in [0.2, 0.25) is 0 Å². The molecule has 11 heavy (non-hydrogen) atoms. The van der Waals surface area contributed by atoms with Crippen LogP contribution in [0.3, 0.4) is 0 Å². The van der Waals surface area contributed by atoms with Crippen LogP contribution in [-0.2, 0) is 4.74 Å². The first-order valence-electron chi connectivity index (χ1n) is 4.13. The van der Waals surface area contributed by atoms with Crippen LogP contribution in [-0.4, -0.2) is 18.3 Å². The molecule has 0 fully saturated rings. The van der Waals surface area contributed by atoms with Crippen LogP contribution in [0.5, 0.6) is 0 Å².